The third-order valence-corrected chi connectivity index (χ3v) is 7.23. The van der Waals surface area contributed by atoms with Gasteiger partial charge in [-0.25, -0.2) is 4.39 Å². The Balaban J connectivity index is 1.36. The molecule has 1 aromatic heterocycles. The summed E-state index contributed by atoms with van der Waals surface area (Å²) in [6.07, 6.45) is 4.72. The predicted octanol–water partition coefficient (Wildman–Crippen LogP) is 6.60. The Morgan fingerprint density at radius 2 is 1.91 bits per heavy atom. The van der Waals surface area contributed by atoms with Crippen molar-refractivity contribution in [3.05, 3.63) is 118 Å². The molecular formula is C31H24ClFN4O5S. The van der Waals surface area contributed by atoms with Crippen LogP contribution in [-0.2, 0) is 16.1 Å². The Hall–Kier alpha value is -4.87. The molecule has 2 amide bonds. The maximum atomic E-state index is 13.5. The molecule has 0 saturated carbocycles. The Morgan fingerprint density at radius 3 is 2.63 bits per heavy atom. The van der Waals surface area contributed by atoms with E-state index in [2.05, 4.69) is 15.5 Å². The number of ether oxygens (including phenoxy) is 2. The summed E-state index contributed by atoms with van der Waals surface area (Å²) >= 11 is 7.39. The summed E-state index contributed by atoms with van der Waals surface area (Å²) in [6, 6.07) is 21.0. The van der Waals surface area contributed by atoms with Crippen LogP contribution in [-0.4, -0.2) is 41.8 Å². The Morgan fingerprint density at radius 1 is 1.12 bits per heavy atom. The number of carbonyl (C=O) groups excluding carboxylic acids is 2. The van der Waals surface area contributed by atoms with Crippen molar-refractivity contribution in [3.8, 4) is 11.5 Å². The lowest BCUT2D eigenvalue weighted by Crippen LogP contribution is -2.28. The van der Waals surface area contributed by atoms with Gasteiger partial charge in [-0.15, -0.1) is 5.10 Å². The first-order chi connectivity index (χ1) is 20.9. The van der Waals surface area contributed by atoms with E-state index in [1.807, 2.05) is 24.3 Å². The van der Waals surface area contributed by atoms with Crippen molar-refractivity contribution in [1.82, 2.24) is 4.90 Å². The Bertz CT molecular complexity index is 1690. The van der Waals surface area contributed by atoms with E-state index in [1.165, 1.54) is 35.4 Å². The van der Waals surface area contributed by atoms with Gasteiger partial charge in [0.15, 0.2) is 11.8 Å². The number of hydrogen-bond acceptors (Lipinski definition) is 8. The third-order valence-electron chi connectivity index (χ3n) is 5.99. The van der Waals surface area contributed by atoms with Crippen LogP contribution in [0, 0.1) is 5.82 Å². The minimum Gasteiger partial charge on any atom is -0.497 e. The molecule has 0 radical (unpaired) electrons. The van der Waals surface area contributed by atoms with Gasteiger partial charge in [0, 0.05) is 16.3 Å². The minimum absolute atomic E-state index is 0.148. The molecule has 0 spiro atoms. The molecule has 43 heavy (non-hydrogen) atoms. The van der Waals surface area contributed by atoms with E-state index < -0.39 is 11.7 Å². The number of hydrogen-bond donors (Lipinski definition) is 1. The molecule has 0 aliphatic carbocycles. The average molecular weight is 619 g/mol. The number of halogens is 2. The van der Waals surface area contributed by atoms with E-state index in [-0.39, 0.29) is 19.1 Å². The van der Waals surface area contributed by atoms with Gasteiger partial charge in [-0.05, 0) is 102 Å². The number of methoxy groups -OCH3 is 1. The standard InChI is InChI=1S/C31H24ClFN4O5S/c1-40-25-11-4-20(5-12-25)17-34-36-31-37(18-26-3-2-14-41-26)30(39)28(43-31)16-21-15-22(32)6-13-27(21)42-19-29(38)35-24-9-7-23(33)8-10-24/h2-17H,18-19H2,1H3,(H,35,38)/b28-16-,34-17+,36-31-. The molecule has 5 rings (SSSR count). The number of furan rings is 1. The largest absolute Gasteiger partial charge is 0.497 e. The zero-order chi connectivity index (χ0) is 30.2. The summed E-state index contributed by atoms with van der Waals surface area (Å²) in [6.45, 7) is -0.177. The summed E-state index contributed by atoms with van der Waals surface area (Å²) in [7, 11) is 1.59. The van der Waals surface area contributed by atoms with Gasteiger partial charge in [-0.1, -0.05) is 11.6 Å². The van der Waals surface area contributed by atoms with Crippen LogP contribution in [0.1, 0.15) is 16.9 Å². The molecule has 9 nitrogen and oxygen atoms in total. The SMILES string of the molecule is COc1ccc(/C=N/N=C2\S/C(=C\c3cc(Cl)ccc3OCC(=O)Nc3ccc(F)cc3)C(=O)N2Cc2ccco2)cc1. The van der Waals surface area contributed by atoms with E-state index in [0.29, 0.717) is 37.9 Å². The minimum atomic E-state index is -0.444. The van der Waals surface area contributed by atoms with Crippen LogP contribution in [0.5, 0.6) is 11.5 Å². The normalized spacial score (nSPS) is 15.0. The van der Waals surface area contributed by atoms with Gasteiger partial charge in [-0.3, -0.25) is 14.5 Å². The summed E-state index contributed by atoms with van der Waals surface area (Å²) < 4.78 is 29.6. The van der Waals surface area contributed by atoms with Crippen LogP contribution >= 0.6 is 23.4 Å². The Labute approximate surface area is 255 Å². The van der Waals surface area contributed by atoms with Crippen LogP contribution in [0.2, 0.25) is 5.02 Å². The van der Waals surface area contributed by atoms with Gasteiger partial charge in [0.2, 0.25) is 0 Å². The number of amides is 2. The molecule has 12 heteroatoms. The molecule has 0 unspecified atom stereocenters. The maximum Gasteiger partial charge on any atom is 0.267 e. The van der Waals surface area contributed by atoms with Gasteiger partial charge in [0.25, 0.3) is 11.8 Å². The first kappa shape index (κ1) is 29.6. The molecule has 1 fully saturated rings. The summed E-state index contributed by atoms with van der Waals surface area (Å²) in [5.41, 5.74) is 1.72. The van der Waals surface area contributed by atoms with Crippen LogP contribution in [0.4, 0.5) is 10.1 Å². The molecule has 0 atom stereocenters. The smallest absolute Gasteiger partial charge is 0.267 e. The fourth-order valence-electron chi connectivity index (χ4n) is 3.89. The third kappa shape index (κ3) is 7.91. The first-order valence-corrected chi connectivity index (χ1v) is 14.0. The van der Waals surface area contributed by atoms with Crippen molar-refractivity contribution < 1.29 is 27.9 Å². The van der Waals surface area contributed by atoms with Crippen molar-refractivity contribution in [2.24, 2.45) is 10.2 Å². The summed E-state index contributed by atoms with van der Waals surface area (Å²) in [5.74, 6) is 0.450. The Kier molecular flexibility index (Phi) is 9.55. The molecule has 1 aliphatic heterocycles. The number of carbonyl (C=O) groups is 2. The number of rotatable bonds is 10. The van der Waals surface area contributed by atoms with Crippen LogP contribution < -0.4 is 14.8 Å². The molecule has 3 aromatic carbocycles. The van der Waals surface area contributed by atoms with Crippen LogP contribution in [0.25, 0.3) is 6.08 Å². The lowest BCUT2D eigenvalue weighted by Gasteiger charge is -2.13. The van der Waals surface area contributed by atoms with Gasteiger partial charge in [0.1, 0.15) is 23.1 Å². The van der Waals surface area contributed by atoms with E-state index in [9.17, 15) is 14.0 Å². The molecule has 0 bridgehead atoms. The topological polar surface area (TPSA) is 106 Å². The fourth-order valence-corrected chi connectivity index (χ4v) is 5.00. The molecule has 2 heterocycles. The first-order valence-electron chi connectivity index (χ1n) is 12.8. The second-order valence-electron chi connectivity index (χ2n) is 9.01. The fraction of sp³-hybridized carbons (Fsp3) is 0.0968. The molecule has 218 valence electrons. The van der Waals surface area contributed by atoms with Crippen molar-refractivity contribution in [1.29, 1.82) is 0 Å². The van der Waals surface area contributed by atoms with Crippen LogP contribution in [0.15, 0.2) is 105 Å². The zero-order valence-electron chi connectivity index (χ0n) is 22.7. The van der Waals surface area contributed by atoms with Gasteiger partial charge in [0.05, 0.1) is 31.0 Å². The number of amidine groups is 1. The van der Waals surface area contributed by atoms with Gasteiger partial charge >= 0.3 is 0 Å². The predicted molar refractivity (Wildman–Crippen MR) is 165 cm³/mol. The monoisotopic (exact) mass is 618 g/mol. The maximum absolute atomic E-state index is 13.5. The van der Waals surface area contributed by atoms with Gasteiger partial charge < -0.3 is 19.2 Å². The highest BCUT2D eigenvalue weighted by Crippen LogP contribution is 2.36. The molecule has 1 N–H and O–H groups in total. The number of nitrogens with zero attached hydrogens (tertiary/aromatic N) is 3. The van der Waals surface area contributed by atoms with E-state index in [4.69, 9.17) is 25.5 Å². The second-order valence-corrected chi connectivity index (χ2v) is 10.5. The van der Waals surface area contributed by atoms with Crippen molar-refractivity contribution in [2.45, 2.75) is 6.54 Å². The second kappa shape index (κ2) is 13.9. The van der Waals surface area contributed by atoms with Crippen molar-refractivity contribution >= 4 is 58.3 Å². The summed E-state index contributed by atoms with van der Waals surface area (Å²) in [5, 5.41) is 11.9. The quantitative estimate of drug-likeness (QED) is 0.122. The highest BCUT2D eigenvalue weighted by molar-refractivity contribution is 8.18. The molecule has 1 saturated heterocycles. The van der Waals surface area contributed by atoms with Gasteiger partial charge in [-0.2, -0.15) is 5.10 Å². The van der Waals surface area contributed by atoms with E-state index in [1.54, 1.807) is 49.7 Å². The van der Waals surface area contributed by atoms with Crippen molar-refractivity contribution in [3.63, 3.8) is 0 Å². The lowest BCUT2D eigenvalue weighted by molar-refractivity contribution is -0.122. The molecule has 1 aliphatic rings. The number of benzene rings is 3. The number of anilines is 1. The van der Waals surface area contributed by atoms with Crippen molar-refractivity contribution in [2.75, 3.05) is 19.0 Å². The molecular weight excluding hydrogens is 595 g/mol. The summed E-state index contributed by atoms with van der Waals surface area (Å²) in [4.78, 5) is 27.8. The zero-order valence-corrected chi connectivity index (χ0v) is 24.3. The van der Waals surface area contributed by atoms with E-state index in [0.717, 1.165) is 23.1 Å². The van der Waals surface area contributed by atoms with E-state index >= 15 is 0 Å². The average Bonchev–Trinajstić information content (AvgIpc) is 3.63. The number of nitrogens with one attached hydrogen (secondary N) is 1. The highest BCUT2D eigenvalue weighted by Gasteiger charge is 2.34. The lowest BCUT2D eigenvalue weighted by atomic mass is 10.2. The molecule has 4 aromatic rings. The highest BCUT2D eigenvalue weighted by atomic mass is 35.5. The number of thioether (sulfide) groups is 1. The van der Waals surface area contributed by atoms with Crippen LogP contribution in [0.3, 0.4) is 0 Å².